The highest BCUT2D eigenvalue weighted by molar-refractivity contribution is 7.21. The maximum atomic E-state index is 13.2. The zero-order chi connectivity index (χ0) is 14.3. The average Bonchev–Trinajstić information content (AvgIpc) is 2.81. The summed E-state index contributed by atoms with van der Waals surface area (Å²) in [5.74, 6) is -0.342. The smallest absolute Gasteiger partial charge is 0.203 e. The largest absolute Gasteiger partial charge is 0.399 e. The van der Waals surface area contributed by atoms with Gasteiger partial charge in [0.2, 0.25) is 5.78 Å². The van der Waals surface area contributed by atoms with Crippen LogP contribution in [0, 0.1) is 12.7 Å². The van der Waals surface area contributed by atoms with Crippen LogP contribution < -0.4 is 5.73 Å². The Labute approximate surface area is 119 Å². The van der Waals surface area contributed by atoms with Crippen molar-refractivity contribution < 1.29 is 9.18 Å². The van der Waals surface area contributed by atoms with Crippen molar-refractivity contribution >= 4 is 32.9 Å². The van der Waals surface area contributed by atoms with Crippen LogP contribution in [0.5, 0.6) is 0 Å². The summed E-state index contributed by atoms with van der Waals surface area (Å²) in [6.45, 7) is 1.86. The number of anilines is 1. The van der Waals surface area contributed by atoms with Crippen molar-refractivity contribution in [2.24, 2.45) is 0 Å². The standard InChI is InChI=1S/C16H12FNOS/c1-9-6-12(18)4-5-13(9)16(19)15-7-10-2-3-11(17)8-14(10)20-15/h2-8H,18H2,1H3. The molecule has 3 aromatic rings. The van der Waals surface area contributed by atoms with Gasteiger partial charge in [-0.05, 0) is 54.3 Å². The number of benzene rings is 2. The number of aryl methyl sites for hydroxylation is 1. The van der Waals surface area contributed by atoms with E-state index >= 15 is 0 Å². The Morgan fingerprint density at radius 3 is 2.70 bits per heavy atom. The van der Waals surface area contributed by atoms with Crippen LogP contribution in [0.4, 0.5) is 10.1 Å². The van der Waals surface area contributed by atoms with Gasteiger partial charge in [-0.25, -0.2) is 4.39 Å². The molecule has 0 aliphatic heterocycles. The van der Waals surface area contributed by atoms with Crippen LogP contribution in [0.15, 0.2) is 42.5 Å². The number of ketones is 1. The van der Waals surface area contributed by atoms with Crippen LogP contribution in [0.3, 0.4) is 0 Å². The monoisotopic (exact) mass is 285 g/mol. The van der Waals surface area contributed by atoms with Crippen molar-refractivity contribution in [3.05, 3.63) is 64.3 Å². The van der Waals surface area contributed by atoms with E-state index in [4.69, 9.17) is 5.73 Å². The van der Waals surface area contributed by atoms with Gasteiger partial charge >= 0.3 is 0 Å². The molecule has 0 aliphatic carbocycles. The van der Waals surface area contributed by atoms with Crippen LogP contribution in [-0.2, 0) is 0 Å². The summed E-state index contributed by atoms with van der Waals surface area (Å²) in [6, 6.07) is 11.6. The minimum atomic E-state index is -0.290. The molecule has 0 bridgehead atoms. The van der Waals surface area contributed by atoms with E-state index in [0.29, 0.717) is 16.1 Å². The molecular formula is C16H12FNOS. The fourth-order valence-electron chi connectivity index (χ4n) is 2.19. The molecule has 0 spiro atoms. The minimum Gasteiger partial charge on any atom is -0.399 e. The highest BCUT2D eigenvalue weighted by Gasteiger charge is 2.15. The normalized spacial score (nSPS) is 10.9. The van der Waals surface area contributed by atoms with Crippen LogP contribution >= 0.6 is 11.3 Å². The number of halogens is 1. The van der Waals surface area contributed by atoms with E-state index in [-0.39, 0.29) is 11.6 Å². The molecule has 1 heterocycles. The van der Waals surface area contributed by atoms with Gasteiger partial charge in [-0.3, -0.25) is 4.79 Å². The summed E-state index contributed by atoms with van der Waals surface area (Å²) in [5, 5.41) is 0.882. The van der Waals surface area contributed by atoms with E-state index in [1.54, 1.807) is 30.3 Å². The Hall–Kier alpha value is -2.20. The molecular weight excluding hydrogens is 273 g/mol. The number of carbonyl (C=O) groups excluding carboxylic acids is 1. The van der Waals surface area contributed by atoms with Crippen molar-refractivity contribution in [1.29, 1.82) is 0 Å². The molecule has 0 fully saturated rings. The second-order valence-electron chi connectivity index (χ2n) is 4.70. The Balaban J connectivity index is 2.08. The van der Waals surface area contributed by atoms with E-state index in [0.717, 1.165) is 15.6 Å². The molecule has 0 amide bonds. The molecule has 0 atom stereocenters. The van der Waals surface area contributed by atoms with Gasteiger partial charge < -0.3 is 5.73 Å². The number of nitrogens with two attached hydrogens (primary N) is 1. The molecule has 0 saturated heterocycles. The average molecular weight is 285 g/mol. The highest BCUT2D eigenvalue weighted by atomic mass is 32.1. The third-order valence-electron chi connectivity index (χ3n) is 3.20. The van der Waals surface area contributed by atoms with Gasteiger partial charge in [0.15, 0.2) is 0 Å². The van der Waals surface area contributed by atoms with Gasteiger partial charge in [-0.2, -0.15) is 0 Å². The number of fused-ring (bicyclic) bond motifs is 1. The predicted molar refractivity (Wildman–Crippen MR) is 80.8 cm³/mol. The molecule has 0 unspecified atom stereocenters. The fourth-order valence-corrected chi connectivity index (χ4v) is 3.23. The van der Waals surface area contributed by atoms with Gasteiger partial charge in [0.25, 0.3) is 0 Å². The number of rotatable bonds is 2. The lowest BCUT2D eigenvalue weighted by molar-refractivity contribution is 0.104. The van der Waals surface area contributed by atoms with Crippen molar-refractivity contribution in [3.63, 3.8) is 0 Å². The molecule has 100 valence electrons. The van der Waals surface area contributed by atoms with Crippen LogP contribution in [0.2, 0.25) is 0 Å². The lowest BCUT2D eigenvalue weighted by Crippen LogP contribution is -2.02. The van der Waals surface area contributed by atoms with Crippen LogP contribution in [-0.4, -0.2) is 5.78 Å². The SMILES string of the molecule is Cc1cc(N)ccc1C(=O)c1cc2ccc(F)cc2s1. The molecule has 2 N–H and O–H groups in total. The Bertz CT molecular complexity index is 822. The zero-order valence-corrected chi connectivity index (χ0v) is 11.6. The van der Waals surface area contributed by atoms with Gasteiger partial charge in [0.1, 0.15) is 5.82 Å². The van der Waals surface area contributed by atoms with E-state index in [1.165, 1.54) is 23.5 Å². The second kappa shape index (κ2) is 4.72. The zero-order valence-electron chi connectivity index (χ0n) is 10.8. The van der Waals surface area contributed by atoms with Crippen molar-refractivity contribution in [2.75, 3.05) is 5.73 Å². The molecule has 1 aromatic heterocycles. The number of hydrogen-bond acceptors (Lipinski definition) is 3. The van der Waals surface area contributed by atoms with Crippen molar-refractivity contribution in [1.82, 2.24) is 0 Å². The first-order valence-electron chi connectivity index (χ1n) is 6.14. The molecule has 0 radical (unpaired) electrons. The summed E-state index contributed by atoms with van der Waals surface area (Å²) in [7, 11) is 0. The quantitative estimate of drug-likeness (QED) is 0.567. The number of carbonyl (C=O) groups is 1. The maximum absolute atomic E-state index is 13.2. The second-order valence-corrected chi connectivity index (χ2v) is 5.78. The maximum Gasteiger partial charge on any atom is 0.203 e. The summed E-state index contributed by atoms with van der Waals surface area (Å²) in [5.41, 5.74) is 7.81. The van der Waals surface area contributed by atoms with E-state index < -0.39 is 0 Å². The van der Waals surface area contributed by atoms with Crippen LogP contribution in [0.25, 0.3) is 10.1 Å². The van der Waals surface area contributed by atoms with E-state index in [1.807, 2.05) is 6.92 Å². The number of nitrogen functional groups attached to an aromatic ring is 1. The molecule has 20 heavy (non-hydrogen) atoms. The predicted octanol–water partition coefficient (Wildman–Crippen LogP) is 4.16. The lowest BCUT2D eigenvalue weighted by Gasteiger charge is -2.04. The fraction of sp³-hybridized carbons (Fsp3) is 0.0625. The molecule has 4 heteroatoms. The minimum absolute atomic E-state index is 0.0518. The van der Waals surface area contributed by atoms with E-state index in [9.17, 15) is 9.18 Å². The molecule has 3 rings (SSSR count). The summed E-state index contributed by atoms with van der Waals surface area (Å²) in [4.78, 5) is 13.1. The van der Waals surface area contributed by atoms with Gasteiger partial charge in [-0.15, -0.1) is 11.3 Å². The number of thiophene rings is 1. The molecule has 0 aliphatic rings. The van der Waals surface area contributed by atoms with Gasteiger partial charge in [0.05, 0.1) is 4.88 Å². The lowest BCUT2D eigenvalue weighted by atomic mass is 10.0. The van der Waals surface area contributed by atoms with Crippen molar-refractivity contribution in [3.8, 4) is 0 Å². The van der Waals surface area contributed by atoms with Gasteiger partial charge in [0, 0.05) is 16.0 Å². The molecule has 2 nitrogen and oxygen atoms in total. The Morgan fingerprint density at radius 1 is 1.15 bits per heavy atom. The topological polar surface area (TPSA) is 43.1 Å². The van der Waals surface area contributed by atoms with Crippen molar-refractivity contribution in [2.45, 2.75) is 6.92 Å². The third kappa shape index (κ3) is 2.18. The highest BCUT2D eigenvalue weighted by Crippen LogP contribution is 2.29. The molecule has 2 aromatic carbocycles. The van der Waals surface area contributed by atoms with E-state index in [2.05, 4.69) is 0 Å². The first-order chi connectivity index (χ1) is 9.54. The summed E-state index contributed by atoms with van der Waals surface area (Å²) >= 11 is 1.31. The summed E-state index contributed by atoms with van der Waals surface area (Å²) in [6.07, 6.45) is 0. The Kier molecular flexibility index (Phi) is 3.03. The first-order valence-corrected chi connectivity index (χ1v) is 6.96. The third-order valence-corrected chi connectivity index (χ3v) is 4.30. The van der Waals surface area contributed by atoms with Crippen LogP contribution in [0.1, 0.15) is 20.8 Å². The summed E-state index contributed by atoms with van der Waals surface area (Å²) < 4.78 is 14.0. The number of hydrogen-bond donors (Lipinski definition) is 1. The first kappa shape index (κ1) is 12.8. The Morgan fingerprint density at radius 2 is 1.95 bits per heavy atom. The molecule has 0 saturated carbocycles. The van der Waals surface area contributed by atoms with Gasteiger partial charge in [-0.1, -0.05) is 6.07 Å².